The fourth-order valence-electron chi connectivity index (χ4n) is 2.82. The van der Waals surface area contributed by atoms with Gasteiger partial charge in [0, 0.05) is 17.2 Å². The Morgan fingerprint density at radius 1 is 1.10 bits per heavy atom. The van der Waals surface area contributed by atoms with E-state index in [2.05, 4.69) is 19.2 Å². The van der Waals surface area contributed by atoms with Crippen molar-refractivity contribution in [1.29, 1.82) is 0 Å². The van der Waals surface area contributed by atoms with Gasteiger partial charge in [-0.3, -0.25) is 9.59 Å². The summed E-state index contributed by atoms with van der Waals surface area (Å²) in [5.41, 5.74) is 6.17. The van der Waals surface area contributed by atoms with Crippen molar-refractivity contribution in [3.63, 3.8) is 0 Å². The van der Waals surface area contributed by atoms with Gasteiger partial charge in [-0.05, 0) is 42.5 Å². The number of carbonyl (C=O) groups excluding carboxylic acids is 2. The van der Waals surface area contributed by atoms with Crippen molar-refractivity contribution in [2.45, 2.75) is 39.2 Å². The van der Waals surface area contributed by atoms with Crippen LogP contribution in [0.1, 0.15) is 53.8 Å². The first-order valence-electron chi connectivity index (χ1n) is 7.19. The van der Waals surface area contributed by atoms with Crippen molar-refractivity contribution < 1.29 is 9.59 Å². The van der Waals surface area contributed by atoms with Crippen LogP contribution in [0.5, 0.6) is 0 Å². The summed E-state index contributed by atoms with van der Waals surface area (Å²) in [6.07, 6.45) is 3.44. The molecule has 1 saturated carbocycles. The molecule has 1 aliphatic carbocycles. The first-order chi connectivity index (χ1) is 9.49. The van der Waals surface area contributed by atoms with Gasteiger partial charge < -0.3 is 11.1 Å². The highest BCUT2D eigenvalue weighted by atomic mass is 16.2. The average molecular weight is 274 g/mol. The molecular weight excluding hydrogens is 252 g/mol. The minimum Gasteiger partial charge on any atom is -0.366 e. The summed E-state index contributed by atoms with van der Waals surface area (Å²) in [4.78, 5) is 23.2. The van der Waals surface area contributed by atoms with Gasteiger partial charge in [0.2, 0.25) is 5.91 Å². The summed E-state index contributed by atoms with van der Waals surface area (Å²) in [6.45, 7) is 4.44. The number of amides is 2. The van der Waals surface area contributed by atoms with E-state index in [1.807, 2.05) is 0 Å². The maximum absolute atomic E-state index is 12.2. The Morgan fingerprint density at radius 3 is 2.30 bits per heavy atom. The predicted octanol–water partition coefficient (Wildman–Crippen LogP) is 2.34. The third-order valence-electron chi connectivity index (χ3n) is 4.45. The summed E-state index contributed by atoms with van der Waals surface area (Å²) in [5.74, 6) is 0.586. The fraction of sp³-hybridized carbons (Fsp3) is 0.500. The molecule has 1 aromatic rings. The zero-order valence-electron chi connectivity index (χ0n) is 12.1. The van der Waals surface area contributed by atoms with Crippen LogP contribution in [-0.4, -0.2) is 17.9 Å². The summed E-state index contributed by atoms with van der Waals surface area (Å²) >= 11 is 0. The molecule has 3 unspecified atom stereocenters. The normalized spacial score (nSPS) is 26.0. The van der Waals surface area contributed by atoms with Crippen LogP contribution in [0.25, 0.3) is 0 Å². The highest BCUT2D eigenvalue weighted by Crippen LogP contribution is 2.29. The number of nitrogens with one attached hydrogen (secondary N) is 1. The fourth-order valence-corrected chi connectivity index (χ4v) is 2.82. The number of rotatable bonds is 3. The molecule has 0 heterocycles. The SMILES string of the molecule is CC1CCCC(NC(=O)c2ccc(C(N)=O)cc2)C1C. The third kappa shape index (κ3) is 3.18. The monoisotopic (exact) mass is 274 g/mol. The molecule has 4 nitrogen and oxygen atoms in total. The molecule has 4 heteroatoms. The Balaban J connectivity index is 2.02. The third-order valence-corrected chi connectivity index (χ3v) is 4.45. The van der Waals surface area contributed by atoms with Crippen molar-refractivity contribution in [3.8, 4) is 0 Å². The lowest BCUT2D eigenvalue weighted by Gasteiger charge is -2.34. The van der Waals surface area contributed by atoms with E-state index < -0.39 is 5.91 Å². The van der Waals surface area contributed by atoms with Gasteiger partial charge in [0.1, 0.15) is 0 Å². The van der Waals surface area contributed by atoms with Crippen molar-refractivity contribution in [2.24, 2.45) is 17.6 Å². The van der Waals surface area contributed by atoms with E-state index >= 15 is 0 Å². The van der Waals surface area contributed by atoms with E-state index in [1.54, 1.807) is 24.3 Å². The topological polar surface area (TPSA) is 72.2 Å². The Bertz CT molecular complexity index is 496. The summed E-state index contributed by atoms with van der Waals surface area (Å²) in [6, 6.07) is 6.70. The van der Waals surface area contributed by atoms with E-state index in [0.29, 0.717) is 23.0 Å². The maximum atomic E-state index is 12.2. The second kappa shape index (κ2) is 6.07. The van der Waals surface area contributed by atoms with Crippen LogP contribution < -0.4 is 11.1 Å². The van der Waals surface area contributed by atoms with Crippen LogP contribution in [0.3, 0.4) is 0 Å². The quantitative estimate of drug-likeness (QED) is 0.888. The zero-order chi connectivity index (χ0) is 14.7. The first-order valence-corrected chi connectivity index (χ1v) is 7.19. The number of carbonyl (C=O) groups is 2. The molecule has 20 heavy (non-hydrogen) atoms. The molecule has 0 spiro atoms. The van der Waals surface area contributed by atoms with E-state index in [-0.39, 0.29) is 11.9 Å². The summed E-state index contributed by atoms with van der Waals surface area (Å²) < 4.78 is 0. The molecule has 0 aromatic heterocycles. The van der Waals surface area contributed by atoms with Crippen molar-refractivity contribution in [1.82, 2.24) is 5.32 Å². The molecule has 1 fully saturated rings. The van der Waals surface area contributed by atoms with Gasteiger partial charge in [0.05, 0.1) is 0 Å². The van der Waals surface area contributed by atoms with E-state index in [9.17, 15) is 9.59 Å². The van der Waals surface area contributed by atoms with E-state index in [4.69, 9.17) is 5.73 Å². The Hall–Kier alpha value is -1.84. The molecule has 0 radical (unpaired) electrons. The molecule has 0 bridgehead atoms. The lowest BCUT2D eigenvalue weighted by atomic mass is 9.78. The van der Waals surface area contributed by atoms with Crippen LogP contribution in [0.2, 0.25) is 0 Å². The number of nitrogens with two attached hydrogens (primary N) is 1. The van der Waals surface area contributed by atoms with E-state index in [1.165, 1.54) is 6.42 Å². The summed E-state index contributed by atoms with van der Waals surface area (Å²) in [7, 11) is 0. The molecule has 108 valence electrons. The van der Waals surface area contributed by atoms with Gasteiger partial charge in [0.15, 0.2) is 0 Å². The highest BCUT2D eigenvalue weighted by molar-refractivity contribution is 5.97. The number of hydrogen-bond donors (Lipinski definition) is 2. The molecule has 1 aliphatic rings. The molecule has 0 aliphatic heterocycles. The molecule has 2 amide bonds. The maximum Gasteiger partial charge on any atom is 0.251 e. The average Bonchev–Trinajstić information content (AvgIpc) is 2.44. The molecule has 0 saturated heterocycles. The largest absolute Gasteiger partial charge is 0.366 e. The number of benzene rings is 1. The highest BCUT2D eigenvalue weighted by Gasteiger charge is 2.28. The van der Waals surface area contributed by atoms with Gasteiger partial charge in [-0.25, -0.2) is 0 Å². The minimum atomic E-state index is -0.480. The van der Waals surface area contributed by atoms with Crippen molar-refractivity contribution in [2.75, 3.05) is 0 Å². The standard InChI is InChI=1S/C16H22N2O2/c1-10-4-3-5-14(11(10)2)18-16(20)13-8-6-12(7-9-13)15(17)19/h6-11,14H,3-5H2,1-2H3,(H2,17,19)(H,18,20). The van der Waals surface area contributed by atoms with Crippen LogP contribution in [0, 0.1) is 11.8 Å². The predicted molar refractivity (Wildman–Crippen MR) is 78.4 cm³/mol. The van der Waals surface area contributed by atoms with Gasteiger partial charge in [-0.2, -0.15) is 0 Å². The number of primary amides is 1. The Kier molecular flexibility index (Phi) is 4.42. The van der Waals surface area contributed by atoms with Gasteiger partial charge in [-0.15, -0.1) is 0 Å². The van der Waals surface area contributed by atoms with Crippen molar-refractivity contribution in [3.05, 3.63) is 35.4 Å². The molecule has 3 atom stereocenters. The second-order valence-electron chi connectivity index (χ2n) is 5.79. The first kappa shape index (κ1) is 14.6. The molecule has 2 rings (SSSR count). The number of hydrogen-bond acceptors (Lipinski definition) is 2. The van der Waals surface area contributed by atoms with Gasteiger partial charge in [0.25, 0.3) is 5.91 Å². The lowest BCUT2D eigenvalue weighted by Crippen LogP contribution is -2.43. The van der Waals surface area contributed by atoms with Gasteiger partial charge in [-0.1, -0.05) is 26.7 Å². The Morgan fingerprint density at radius 2 is 1.70 bits per heavy atom. The Labute approximate surface area is 119 Å². The van der Waals surface area contributed by atoms with Crippen molar-refractivity contribution >= 4 is 11.8 Å². The van der Waals surface area contributed by atoms with E-state index in [0.717, 1.165) is 12.8 Å². The summed E-state index contributed by atoms with van der Waals surface area (Å²) in [5, 5.41) is 3.11. The van der Waals surface area contributed by atoms with Crippen LogP contribution in [0.15, 0.2) is 24.3 Å². The zero-order valence-corrected chi connectivity index (χ0v) is 12.1. The lowest BCUT2D eigenvalue weighted by molar-refractivity contribution is 0.0890. The smallest absolute Gasteiger partial charge is 0.251 e. The second-order valence-corrected chi connectivity index (χ2v) is 5.79. The molecular formula is C16H22N2O2. The van der Waals surface area contributed by atoms with Crippen LogP contribution >= 0.6 is 0 Å². The molecule has 1 aromatic carbocycles. The minimum absolute atomic E-state index is 0.0769. The van der Waals surface area contributed by atoms with Crippen LogP contribution in [-0.2, 0) is 0 Å². The van der Waals surface area contributed by atoms with Crippen LogP contribution in [0.4, 0.5) is 0 Å². The molecule has 3 N–H and O–H groups in total. The van der Waals surface area contributed by atoms with Gasteiger partial charge >= 0.3 is 0 Å².